The van der Waals surface area contributed by atoms with Crippen molar-refractivity contribution in [2.24, 2.45) is 0 Å². The first-order chi connectivity index (χ1) is 9.98. The van der Waals surface area contributed by atoms with Crippen molar-refractivity contribution in [2.75, 3.05) is 5.73 Å². The van der Waals surface area contributed by atoms with Crippen molar-refractivity contribution in [3.05, 3.63) is 46.2 Å². The van der Waals surface area contributed by atoms with Gasteiger partial charge < -0.3 is 5.73 Å². The van der Waals surface area contributed by atoms with Crippen LogP contribution < -0.4 is 5.73 Å². The lowest BCUT2D eigenvalue weighted by Crippen LogP contribution is -2.32. The average Bonchev–Trinajstić information content (AvgIpc) is 3.14. The second-order valence-electron chi connectivity index (χ2n) is 5.39. The van der Waals surface area contributed by atoms with Gasteiger partial charge in [0.05, 0.1) is 4.90 Å². The van der Waals surface area contributed by atoms with E-state index in [4.69, 9.17) is 5.73 Å². The zero-order valence-electron chi connectivity index (χ0n) is 11.8. The van der Waals surface area contributed by atoms with Gasteiger partial charge in [-0.1, -0.05) is 12.1 Å². The highest BCUT2D eigenvalue weighted by Crippen LogP contribution is 2.35. The molecule has 0 unspecified atom stereocenters. The molecule has 1 fully saturated rings. The number of nitrogen functional groups attached to an aromatic ring is 1. The number of benzene rings is 1. The molecule has 0 atom stereocenters. The molecule has 0 aliphatic heterocycles. The summed E-state index contributed by atoms with van der Waals surface area (Å²) in [5.41, 5.74) is 6.99. The number of thiophene rings is 1. The number of aryl methyl sites for hydroxylation is 1. The molecular formula is C15H18N2O2S2. The van der Waals surface area contributed by atoms with E-state index in [1.807, 2.05) is 24.4 Å². The minimum absolute atomic E-state index is 0.123. The molecule has 1 heterocycles. The van der Waals surface area contributed by atoms with Gasteiger partial charge in [-0.05, 0) is 48.9 Å². The number of hydrogen-bond acceptors (Lipinski definition) is 4. The molecule has 1 aromatic heterocycles. The third-order valence-corrected chi connectivity index (χ3v) is 6.55. The van der Waals surface area contributed by atoms with E-state index in [0.717, 1.165) is 23.3 Å². The van der Waals surface area contributed by atoms with Gasteiger partial charge in [-0.3, -0.25) is 0 Å². The van der Waals surface area contributed by atoms with Crippen LogP contribution in [0.5, 0.6) is 0 Å². The van der Waals surface area contributed by atoms with Crippen LogP contribution >= 0.6 is 11.3 Å². The number of nitrogens with two attached hydrogens (primary N) is 1. The van der Waals surface area contributed by atoms with Crippen molar-refractivity contribution in [3.63, 3.8) is 0 Å². The van der Waals surface area contributed by atoms with Crippen LogP contribution in [0, 0.1) is 6.92 Å². The predicted octanol–water partition coefficient (Wildman–Crippen LogP) is 2.99. The van der Waals surface area contributed by atoms with Crippen LogP contribution in [0.25, 0.3) is 0 Å². The Hall–Kier alpha value is -1.37. The van der Waals surface area contributed by atoms with Crippen molar-refractivity contribution in [3.8, 4) is 0 Å². The first kappa shape index (κ1) is 14.6. The summed E-state index contributed by atoms with van der Waals surface area (Å²) in [7, 11) is -3.51. The van der Waals surface area contributed by atoms with E-state index in [1.165, 1.54) is 0 Å². The van der Waals surface area contributed by atoms with Gasteiger partial charge in [0, 0.05) is 23.2 Å². The minimum Gasteiger partial charge on any atom is -0.399 e. The molecule has 0 saturated heterocycles. The minimum atomic E-state index is -3.51. The van der Waals surface area contributed by atoms with Crippen LogP contribution in [-0.2, 0) is 16.6 Å². The van der Waals surface area contributed by atoms with Gasteiger partial charge in [0.25, 0.3) is 0 Å². The summed E-state index contributed by atoms with van der Waals surface area (Å²) in [6.45, 7) is 2.25. The molecule has 0 radical (unpaired) electrons. The Morgan fingerprint density at radius 2 is 2.10 bits per heavy atom. The van der Waals surface area contributed by atoms with Gasteiger partial charge in [-0.25, -0.2) is 8.42 Å². The number of hydrogen-bond donors (Lipinski definition) is 1. The fraction of sp³-hybridized carbons (Fsp3) is 0.333. The fourth-order valence-electron chi connectivity index (χ4n) is 2.35. The van der Waals surface area contributed by atoms with Crippen LogP contribution in [0.3, 0.4) is 0 Å². The summed E-state index contributed by atoms with van der Waals surface area (Å²) in [5.74, 6) is 0. The van der Waals surface area contributed by atoms with E-state index < -0.39 is 10.0 Å². The predicted molar refractivity (Wildman–Crippen MR) is 85.7 cm³/mol. The highest BCUT2D eigenvalue weighted by molar-refractivity contribution is 7.89. The van der Waals surface area contributed by atoms with E-state index in [2.05, 4.69) is 0 Å². The molecule has 1 saturated carbocycles. The zero-order valence-corrected chi connectivity index (χ0v) is 13.5. The second-order valence-corrected chi connectivity index (χ2v) is 8.28. The van der Waals surface area contributed by atoms with E-state index in [1.54, 1.807) is 33.8 Å². The summed E-state index contributed by atoms with van der Waals surface area (Å²) in [5, 5.41) is 1.97. The van der Waals surface area contributed by atoms with Crippen molar-refractivity contribution in [2.45, 2.75) is 37.2 Å². The van der Waals surface area contributed by atoms with Gasteiger partial charge >= 0.3 is 0 Å². The van der Waals surface area contributed by atoms with Gasteiger partial charge in [0.1, 0.15) is 0 Å². The summed E-state index contributed by atoms with van der Waals surface area (Å²) in [6, 6.07) is 9.10. The molecule has 1 aromatic carbocycles. The lowest BCUT2D eigenvalue weighted by Gasteiger charge is -2.22. The highest BCUT2D eigenvalue weighted by Gasteiger charge is 2.38. The van der Waals surface area contributed by atoms with E-state index in [-0.39, 0.29) is 6.04 Å². The molecule has 1 aliphatic carbocycles. The lowest BCUT2D eigenvalue weighted by molar-refractivity contribution is 0.401. The molecule has 0 spiro atoms. The molecule has 2 N–H and O–H groups in total. The molecule has 3 rings (SSSR count). The number of nitrogens with zero attached hydrogens (tertiary/aromatic N) is 1. The summed E-state index contributed by atoms with van der Waals surface area (Å²) >= 11 is 1.58. The fourth-order valence-corrected chi connectivity index (χ4v) is 5.06. The van der Waals surface area contributed by atoms with Gasteiger partial charge in [-0.15, -0.1) is 11.3 Å². The van der Waals surface area contributed by atoms with Crippen LogP contribution in [-0.4, -0.2) is 18.8 Å². The Morgan fingerprint density at radius 3 is 2.71 bits per heavy atom. The van der Waals surface area contributed by atoms with Crippen molar-refractivity contribution < 1.29 is 8.42 Å². The van der Waals surface area contributed by atoms with Crippen LogP contribution in [0.2, 0.25) is 0 Å². The molecule has 6 heteroatoms. The summed E-state index contributed by atoms with van der Waals surface area (Å²) < 4.78 is 27.6. The van der Waals surface area contributed by atoms with Gasteiger partial charge in [-0.2, -0.15) is 4.31 Å². The Labute approximate surface area is 129 Å². The van der Waals surface area contributed by atoms with Crippen molar-refractivity contribution in [1.29, 1.82) is 0 Å². The van der Waals surface area contributed by atoms with Crippen LogP contribution in [0.1, 0.15) is 23.3 Å². The van der Waals surface area contributed by atoms with Crippen LogP contribution in [0.4, 0.5) is 5.69 Å². The maximum absolute atomic E-state index is 13.0. The standard InChI is InChI=1S/C15H18N2O2S2/c1-11-4-5-12(16)9-15(11)21(18,19)17(13-6-7-13)10-14-3-2-8-20-14/h2-5,8-9,13H,6-7,10,16H2,1H3. The smallest absolute Gasteiger partial charge is 0.243 e. The third kappa shape index (κ3) is 2.97. The second kappa shape index (κ2) is 5.44. The number of rotatable bonds is 5. The van der Waals surface area contributed by atoms with E-state index in [9.17, 15) is 8.42 Å². The quantitative estimate of drug-likeness (QED) is 0.861. The Bertz CT molecular complexity index is 735. The lowest BCUT2D eigenvalue weighted by atomic mass is 10.2. The first-order valence-electron chi connectivity index (χ1n) is 6.89. The van der Waals surface area contributed by atoms with E-state index in [0.29, 0.717) is 17.1 Å². The Morgan fingerprint density at radius 1 is 1.33 bits per heavy atom. The van der Waals surface area contributed by atoms with Crippen LogP contribution in [0.15, 0.2) is 40.6 Å². The third-order valence-electron chi connectivity index (χ3n) is 3.64. The molecule has 112 valence electrons. The average molecular weight is 322 g/mol. The molecule has 21 heavy (non-hydrogen) atoms. The zero-order chi connectivity index (χ0) is 15.0. The molecule has 1 aliphatic rings. The topological polar surface area (TPSA) is 63.4 Å². The van der Waals surface area contributed by atoms with Crippen molar-refractivity contribution >= 4 is 27.0 Å². The maximum Gasteiger partial charge on any atom is 0.243 e. The number of sulfonamides is 1. The van der Waals surface area contributed by atoms with Gasteiger partial charge in [0.15, 0.2) is 0 Å². The van der Waals surface area contributed by atoms with Crippen molar-refractivity contribution in [1.82, 2.24) is 4.31 Å². The Balaban J connectivity index is 1.99. The normalized spacial score (nSPS) is 15.5. The Kier molecular flexibility index (Phi) is 3.77. The molecular weight excluding hydrogens is 304 g/mol. The SMILES string of the molecule is Cc1ccc(N)cc1S(=O)(=O)N(Cc1cccs1)C1CC1. The van der Waals surface area contributed by atoms with Gasteiger partial charge in [0.2, 0.25) is 10.0 Å². The number of anilines is 1. The summed E-state index contributed by atoms with van der Waals surface area (Å²) in [6.07, 6.45) is 1.87. The first-order valence-corrected chi connectivity index (χ1v) is 9.21. The largest absolute Gasteiger partial charge is 0.399 e. The highest BCUT2D eigenvalue weighted by atomic mass is 32.2. The van der Waals surface area contributed by atoms with E-state index >= 15 is 0 Å². The monoisotopic (exact) mass is 322 g/mol. The maximum atomic E-state index is 13.0. The molecule has 0 amide bonds. The molecule has 4 nitrogen and oxygen atoms in total. The summed E-state index contributed by atoms with van der Waals surface area (Å²) in [4.78, 5) is 1.39. The molecule has 2 aromatic rings. The molecule has 0 bridgehead atoms.